The molecule has 3 aromatic rings. The van der Waals surface area contributed by atoms with Gasteiger partial charge in [0.05, 0.1) is 22.9 Å². The highest BCUT2D eigenvalue weighted by molar-refractivity contribution is 7.07. The summed E-state index contributed by atoms with van der Waals surface area (Å²) in [5, 5.41) is 16.7. The molecule has 0 aliphatic heterocycles. The molecule has 3 rings (SSSR count). The Morgan fingerprint density at radius 3 is 2.90 bits per heavy atom. The van der Waals surface area contributed by atoms with Gasteiger partial charge in [-0.15, -0.1) is 16.4 Å². The fourth-order valence-electron chi connectivity index (χ4n) is 2.03. The van der Waals surface area contributed by atoms with Gasteiger partial charge in [0.25, 0.3) is 0 Å². The molecule has 0 amide bonds. The SMILES string of the molecule is Cc1cc(NC(C)c2cscn2)ccc1-n1cnnn1. The molecule has 1 aromatic carbocycles. The van der Waals surface area contributed by atoms with E-state index in [-0.39, 0.29) is 6.04 Å². The van der Waals surface area contributed by atoms with Gasteiger partial charge in [-0.2, -0.15) is 0 Å². The van der Waals surface area contributed by atoms with Crippen LogP contribution in [0.3, 0.4) is 0 Å². The Morgan fingerprint density at radius 2 is 2.25 bits per heavy atom. The quantitative estimate of drug-likeness (QED) is 0.798. The Bertz CT molecular complexity index is 677. The number of anilines is 1. The first-order valence-electron chi connectivity index (χ1n) is 6.22. The fourth-order valence-corrected chi connectivity index (χ4v) is 2.68. The van der Waals surface area contributed by atoms with Crippen LogP contribution < -0.4 is 5.32 Å². The van der Waals surface area contributed by atoms with E-state index in [1.807, 2.05) is 24.6 Å². The van der Waals surface area contributed by atoms with Crippen molar-refractivity contribution in [2.24, 2.45) is 0 Å². The van der Waals surface area contributed by atoms with Gasteiger partial charge in [-0.3, -0.25) is 0 Å². The van der Waals surface area contributed by atoms with Crippen molar-refractivity contribution in [1.82, 2.24) is 25.2 Å². The predicted molar refractivity (Wildman–Crippen MR) is 78.0 cm³/mol. The molecule has 6 nitrogen and oxygen atoms in total. The molecule has 1 N–H and O–H groups in total. The Balaban J connectivity index is 1.81. The Kier molecular flexibility index (Phi) is 3.42. The van der Waals surface area contributed by atoms with Crippen molar-refractivity contribution in [1.29, 1.82) is 0 Å². The number of rotatable bonds is 4. The Hall–Kier alpha value is -2.28. The van der Waals surface area contributed by atoms with Crippen molar-refractivity contribution in [2.75, 3.05) is 5.32 Å². The average Bonchev–Trinajstić information content (AvgIpc) is 3.12. The lowest BCUT2D eigenvalue weighted by Crippen LogP contribution is -2.07. The summed E-state index contributed by atoms with van der Waals surface area (Å²) in [6.07, 6.45) is 1.59. The van der Waals surface area contributed by atoms with Crippen LogP contribution >= 0.6 is 11.3 Å². The van der Waals surface area contributed by atoms with Gasteiger partial charge in [-0.1, -0.05) is 0 Å². The van der Waals surface area contributed by atoms with Crippen LogP contribution in [0.15, 0.2) is 35.4 Å². The van der Waals surface area contributed by atoms with Crippen molar-refractivity contribution in [2.45, 2.75) is 19.9 Å². The van der Waals surface area contributed by atoms with Gasteiger partial charge in [-0.05, 0) is 48.0 Å². The largest absolute Gasteiger partial charge is 0.377 e. The van der Waals surface area contributed by atoms with Crippen LogP contribution in [0.25, 0.3) is 5.69 Å². The van der Waals surface area contributed by atoms with Gasteiger partial charge in [-0.25, -0.2) is 9.67 Å². The zero-order valence-corrected chi connectivity index (χ0v) is 12.0. The van der Waals surface area contributed by atoms with E-state index in [1.165, 1.54) is 0 Å². The maximum Gasteiger partial charge on any atom is 0.143 e. The molecule has 20 heavy (non-hydrogen) atoms. The zero-order valence-electron chi connectivity index (χ0n) is 11.2. The third-order valence-electron chi connectivity index (χ3n) is 3.07. The van der Waals surface area contributed by atoms with E-state index >= 15 is 0 Å². The minimum absolute atomic E-state index is 0.180. The number of aryl methyl sites for hydroxylation is 1. The van der Waals surface area contributed by atoms with E-state index in [9.17, 15) is 0 Å². The van der Waals surface area contributed by atoms with E-state index in [2.05, 4.69) is 44.2 Å². The van der Waals surface area contributed by atoms with Crippen LogP contribution in [0.5, 0.6) is 0 Å². The molecule has 0 saturated carbocycles. The first-order valence-corrected chi connectivity index (χ1v) is 7.17. The minimum atomic E-state index is 0.180. The number of benzene rings is 1. The lowest BCUT2D eigenvalue weighted by atomic mass is 10.1. The number of aromatic nitrogens is 5. The maximum atomic E-state index is 4.32. The zero-order chi connectivity index (χ0) is 13.9. The summed E-state index contributed by atoms with van der Waals surface area (Å²) in [6.45, 7) is 4.13. The first kappa shape index (κ1) is 12.7. The van der Waals surface area contributed by atoms with Crippen LogP contribution in [0, 0.1) is 6.92 Å². The third-order valence-corrected chi connectivity index (χ3v) is 3.68. The van der Waals surface area contributed by atoms with Crippen molar-refractivity contribution >= 4 is 17.0 Å². The van der Waals surface area contributed by atoms with Gasteiger partial charge >= 0.3 is 0 Å². The highest BCUT2D eigenvalue weighted by Crippen LogP contribution is 2.22. The number of tetrazole rings is 1. The molecule has 0 spiro atoms. The van der Waals surface area contributed by atoms with E-state index in [0.717, 1.165) is 22.6 Å². The molecule has 0 saturated heterocycles. The van der Waals surface area contributed by atoms with Crippen LogP contribution in [-0.2, 0) is 0 Å². The molecule has 102 valence electrons. The van der Waals surface area contributed by atoms with Gasteiger partial charge in [0.1, 0.15) is 6.33 Å². The molecular weight excluding hydrogens is 272 g/mol. The number of hydrogen-bond donors (Lipinski definition) is 1. The third kappa shape index (κ3) is 2.53. The van der Waals surface area contributed by atoms with Crippen LogP contribution in [0.1, 0.15) is 24.2 Å². The van der Waals surface area contributed by atoms with Gasteiger partial charge in [0.15, 0.2) is 0 Å². The molecule has 2 heterocycles. The lowest BCUT2D eigenvalue weighted by Gasteiger charge is -2.14. The summed E-state index contributed by atoms with van der Waals surface area (Å²) in [4.78, 5) is 4.32. The summed E-state index contributed by atoms with van der Waals surface area (Å²) in [5.74, 6) is 0. The fraction of sp³-hybridized carbons (Fsp3) is 0.231. The van der Waals surface area contributed by atoms with Crippen LogP contribution in [-0.4, -0.2) is 25.2 Å². The summed E-state index contributed by atoms with van der Waals surface area (Å²) < 4.78 is 1.66. The molecule has 0 radical (unpaired) electrons. The highest BCUT2D eigenvalue weighted by Gasteiger charge is 2.09. The second kappa shape index (κ2) is 5.38. The van der Waals surface area contributed by atoms with Crippen molar-refractivity contribution in [3.8, 4) is 5.69 Å². The summed E-state index contributed by atoms with van der Waals surface area (Å²) in [6, 6.07) is 6.29. The number of nitrogens with one attached hydrogen (secondary N) is 1. The van der Waals surface area contributed by atoms with E-state index in [1.54, 1.807) is 22.3 Å². The molecule has 0 fully saturated rings. The standard InChI is InChI=1S/C13H14N6S/c1-9-5-11(16-10(2)12-6-20-8-14-12)3-4-13(9)19-7-15-17-18-19/h3-8,10,16H,1-2H3. The van der Waals surface area contributed by atoms with Gasteiger partial charge in [0.2, 0.25) is 0 Å². The number of nitrogens with zero attached hydrogens (tertiary/aromatic N) is 5. The Labute approximate surface area is 120 Å². The van der Waals surface area contributed by atoms with Gasteiger partial charge < -0.3 is 5.32 Å². The smallest absolute Gasteiger partial charge is 0.143 e. The van der Waals surface area contributed by atoms with Crippen molar-refractivity contribution in [3.63, 3.8) is 0 Å². The second-order valence-electron chi connectivity index (χ2n) is 4.53. The maximum absolute atomic E-state index is 4.32. The molecule has 0 bridgehead atoms. The van der Waals surface area contributed by atoms with Crippen molar-refractivity contribution < 1.29 is 0 Å². The first-order chi connectivity index (χ1) is 9.74. The molecular formula is C13H14N6S. The summed E-state index contributed by atoms with van der Waals surface area (Å²) >= 11 is 1.61. The monoisotopic (exact) mass is 286 g/mol. The Morgan fingerprint density at radius 1 is 1.35 bits per heavy atom. The molecule has 0 aliphatic rings. The average molecular weight is 286 g/mol. The topological polar surface area (TPSA) is 68.5 Å². The summed E-state index contributed by atoms with van der Waals surface area (Å²) in [5.41, 5.74) is 6.03. The second-order valence-corrected chi connectivity index (χ2v) is 5.25. The molecule has 2 aromatic heterocycles. The molecule has 7 heteroatoms. The number of hydrogen-bond acceptors (Lipinski definition) is 6. The van der Waals surface area contributed by atoms with E-state index in [0.29, 0.717) is 0 Å². The summed E-state index contributed by atoms with van der Waals surface area (Å²) in [7, 11) is 0. The van der Waals surface area contributed by atoms with Gasteiger partial charge in [0, 0.05) is 11.1 Å². The minimum Gasteiger partial charge on any atom is -0.377 e. The highest BCUT2D eigenvalue weighted by atomic mass is 32.1. The molecule has 1 unspecified atom stereocenters. The number of thiazole rings is 1. The predicted octanol–water partition coefficient (Wildman–Crippen LogP) is 2.60. The normalized spacial score (nSPS) is 12.3. The molecule has 1 atom stereocenters. The molecule has 0 aliphatic carbocycles. The van der Waals surface area contributed by atoms with E-state index < -0.39 is 0 Å². The van der Waals surface area contributed by atoms with E-state index in [4.69, 9.17) is 0 Å². The van der Waals surface area contributed by atoms with Crippen LogP contribution in [0.2, 0.25) is 0 Å². The van der Waals surface area contributed by atoms with Crippen molar-refractivity contribution in [3.05, 3.63) is 46.7 Å². The lowest BCUT2D eigenvalue weighted by molar-refractivity contribution is 0.785. The van der Waals surface area contributed by atoms with Crippen LogP contribution in [0.4, 0.5) is 5.69 Å².